The largest absolute Gasteiger partial charge is 0.372 e. The van der Waals surface area contributed by atoms with Crippen LogP contribution in [0.25, 0.3) is 0 Å². The molecule has 0 aromatic heterocycles. The van der Waals surface area contributed by atoms with Crippen molar-refractivity contribution in [2.24, 2.45) is 0 Å². The summed E-state index contributed by atoms with van der Waals surface area (Å²) in [5.41, 5.74) is 3.77. The summed E-state index contributed by atoms with van der Waals surface area (Å²) in [5.74, 6) is -1.09. The van der Waals surface area contributed by atoms with E-state index in [9.17, 15) is 9.59 Å². The number of amides is 2. The van der Waals surface area contributed by atoms with Gasteiger partial charge in [-0.25, -0.2) is 0 Å². The molecule has 2 heterocycles. The summed E-state index contributed by atoms with van der Waals surface area (Å²) >= 11 is 0. The predicted octanol–water partition coefficient (Wildman–Crippen LogP) is 3.20. The Labute approximate surface area is 153 Å². The Morgan fingerprint density at radius 1 is 0.846 bits per heavy atom. The van der Waals surface area contributed by atoms with Crippen molar-refractivity contribution in [3.8, 4) is 0 Å². The maximum atomic E-state index is 12.5. The number of benzene rings is 2. The number of piperidine rings is 1. The number of fused-ring (bicyclic) bond motifs is 1. The molecule has 0 bridgehead atoms. The van der Waals surface area contributed by atoms with Crippen LogP contribution in [0.15, 0.2) is 48.5 Å². The van der Waals surface area contributed by atoms with Crippen molar-refractivity contribution < 1.29 is 9.59 Å². The van der Waals surface area contributed by atoms with E-state index < -0.39 is 11.8 Å². The maximum Gasteiger partial charge on any atom is 0.316 e. The molecule has 0 radical (unpaired) electrons. The standard InChI is InChI=1S/C21H23N3O2/c25-20(21(26)24-15-12-16-6-2-3-7-19(16)24)22-17-8-10-18(11-9-17)23-13-4-1-5-14-23/h2-3,6-11H,1,4-5,12-15H2,(H,22,25). The van der Waals surface area contributed by atoms with E-state index in [4.69, 9.17) is 0 Å². The Hall–Kier alpha value is -2.82. The van der Waals surface area contributed by atoms with Gasteiger partial charge >= 0.3 is 11.8 Å². The molecule has 2 aromatic carbocycles. The average molecular weight is 349 g/mol. The van der Waals surface area contributed by atoms with Crippen molar-refractivity contribution in [2.45, 2.75) is 25.7 Å². The molecule has 2 aliphatic heterocycles. The molecule has 0 saturated carbocycles. The van der Waals surface area contributed by atoms with E-state index in [1.165, 1.54) is 24.9 Å². The van der Waals surface area contributed by atoms with Crippen LogP contribution in [-0.2, 0) is 16.0 Å². The van der Waals surface area contributed by atoms with Crippen LogP contribution >= 0.6 is 0 Å². The van der Waals surface area contributed by atoms with Crippen LogP contribution in [-0.4, -0.2) is 31.4 Å². The Balaban J connectivity index is 1.41. The van der Waals surface area contributed by atoms with Crippen molar-refractivity contribution in [1.29, 1.82) is 0 Å². The Kier molecular flexibility index (Phi) is 4.61. The van der Waals surface area contributed by atoms with E-state index >= 15 is 0 Å². The van der Waals surface area contributed by atoms with Crippen LogP contribution in [0, 0.1) is 0 Å². The molecule has 4 rings (SSSR count). The Morgan fingerprint density at radius 3 is 2.35 bits per heavy atom. The van der Waals surface area contributed by atoms with Crippen LogP contribution in [0.2, 0.25) is 0 Å². The number of anilines is 3. The zero-order valence-electron chi connectivity index (χ0n) is 14.8. The van der Waals surface area contributed by atoms with Gasteiger partial charge in [-0.2, -0.15) is 0 Å². The highest BCUT2D eigenvalue weighted by Gasteiger charge is 2.28. The molecule has 0 unspecified atom stereocenters. The van der Waals surface area contributed by atoms with Crippen molar-refractivity contribution in [1.82, 2.24) is 0 Å². The highest BCUT2D eigenvalue weighted by Crippen LogP contribution is 2.28. The minimum atomic E-state index is -0.590. The highest BCUT2D eigenvalue weighted by atomic mass is 16.2. The van der Waals surface area contributed by atoms with Gasteiger partial charge in [0.1, 0.15) is 0 Å². The molecule has 5 nitrogen and oxygen atoms in total. The smallest absolute Gasteiger partial charge is 0.316 e. The van der Waals surface area contributed by atoms with Crippen LogP contribution in [0.1, 0.15) is 24.8 Å². The van der Waals surface area contributed by atoms with Gasteiger partial charge in [0.05, 0.1) is 0 Å². The summed E-state index contributed by atoms with van der Waals surface area (Å²) in [4.78, 5) is 28.8. The summed E-state index contributed by atoms with van der Waals surface area (Å²) in [6.07, 6.45) is 4.54. The first-order chi connectivity index (χ1) is 12.7. The van der Waals surface area contributed by atoms with E-state index in [0.717, 1.165) is 30.8 Å². The molecular formula is C21H23N3O2. The zero-order chi connectivity index (χ0) is 17.9. The predicted molar refractivity (Wildman–Crippen MR) is 104 cm³/mol. The number of para-hydroxylation sites is 1. The average Bonchev–Trinajstić information content (AvgIpc) is 3.13. The summed E-state index contributed by atoms with van der Waals surface area (Å²) in [6.45, 7) is 2.72. The molecule has 0 aliphatic carbocycles. The monoisotopic (exact) mass is 349 g/mol. The molecule has 134 valence electrons. The number of hydrogen-bond acceptors (Lipinski definition) is 3. The molecule has 2 aliphatic rings. The van der Waals surface area contributed by atoms with E-state index in [2.05, 4.69) is 10.2 Å². The second-order valence-electron chi connectivity index (χ2n) is 6.88. The molecule has 1 saturated heterocycles. The minimum absolute atomic E-state index is 0.505. The van der Waals surface area contributed by atoms with Gasteiger partial charge in [-0.05, 0) is 61.6 Å². The molecule has 1 N–H and O–H groups in total. The van der Waals surface area contributed by atoms with Crippen molar-refractivity contribution >= 4 is 28.9 Å². The summed E-state index contributed by atoms with van der Waals surface area (Å²) < 4.78 is 0. The number of nitrogens with one attached hydrogen (secondary N) is 1. The topological polar surface area (TPSA) is 52.7 Å². The lowest BCUT2D eigenvalue weighted by atomic mass is 10.1. The van der Waals surface area contributed by atoms with Gasteiger partial charge in [-0.3, -0.25) is 9.59 Å². The van der Waals surface area contributed by atoms with Gasteiger partial charge in [0.25, 0.3) is 0 Å². The molecule has 0 spiro atoms. The van der Waals surface area contributed by atoms with Gasteiger partial charge in [-0.1, -0.05) is 18.2 Å². The molecule has 1 fully saturated rings. The van der Waals surface area contributed by atoms with Crippen molar-refractivity contribution in [3.63, 3.8) is 0 Å². The molecule has 2 aromatic rings. The number of rotatable bonds is 2. The van der Waals surface area contributed by atoms with E-state index in [0.29, 0.717) is 12.2 Å². The first-order valence-corrected chi connectivity index (χ1v) is 9.28. The van der Waals surface area contributed by atoms with Gasteiger partial charge < -0.3 is 15.1 Å². The number of carbonyl (C=O) groups excluding carboxylic acids is 2. The Morgan fingerprint density at radius 2 is 1.58 bits per heavy atom. The summed E-state index contributed by atoms with van der Waals surface area (Å²) in [7, 11) is 0. The van der Waals surface area contributed by atoms with Crippen molar-refractivity contribution in [2.75, 3.05) is 34.8 Å². The summed E-state index contributed by atoms with van der Waals surface area (Å²) in [5, 5.41) is 2.73. The van der Waals surface area contributed by atoms with E-state index in [-0.39, 0.29) is 0 Å². The first-order valence-electron chi connectivity index (χ1n) is 9.28. The van der Waals surface area contributed by atoms with Crippen LogP contribution in [0.4, 0.5) is 17.1 Å². The fraction of sp³-hybridized carbons (Fsp3) is 0.333. The second kappa shape index (κ2) is 7.20. The normalized spacial score (nSPS) is 16.3. The van der Waals surface area contributed by atoms with Crippen LogP contribution < -0.4 is 15.1 Å². The second-order valence-corrected chi connectivity index (χ2v) is 6.88. The number of hydrogen-bond donors (Lipinski definition) is 1. The third-order valence-corrected chi connectivity index (χ3v) is 5.17. The van der Waals surface area contributed by atoms with Crippen LogP contribution in [0.5, 0.6) is 0 Å². The molecular weight excluding hydrogens is 326 g/mol. The van der Waals surface area contributed by atoms with Crippen LogP contribution in [0.3, 0.4) is 0 Å². The van der Waals surface area contributed by atoms with E-state index in [1.54, 1.807) is 4.90 Å². The molecule has 2 amide bonds. The molecule has 5 heteroatoms. The first kappa shape index (κ1) is 16.6. The maximum absolute atomic E-state index is 12.5. The number of carbonyl (C=O) groups is 2. The zero-order valence-corrected chi connectivity index (χ0v) is 14.8. The van der Waals surface area contributed by atoms with Gasteiger partial charge in [0.2, 0.25) is 0 Å². The lowest BCUT2D eigenvalue weighted by Crippen LogP contribution is -2.38. The third kappa shape index (κ3) is 3.29. The van der Waals surface area contributed by atoms with Gasteiger partial charge in [-0.15, -0.1) is 0 Å². The molecule has 0 atom stereocenters. The van der Waals surface area contributed by atoms with Gasteiger partial charge in [0.15, 0.2) is 0 Å². The fourth-order valence-corrected chi connectivity index (χ4v) is 3.76. The third-order valence-electron chi connectivity index (χ3n) is 5.17. The lowest BCUT2D eigenvalue weighted by Gasteiger charge is -2.28. The number of nitrogens with zero attached hydrogens (tertiary/aromatic N) is 2. The quantitative estimate of drug-likeness (QED) is 0.847. The van der Waals surface area contributed by atoms with Gasteiger partial charge in [0, 0.05) is 36.7 Å². The SMILES string of the molecule is O=C(Nc1ccc(N2CCCCC2)cc1)C(=O)N1CCc2ccccc21. The minimum Gasteiger partial charge on any atom is -0.372 e. The van der Waals surface area contributed by atoms with Crippen molar-refractivity contribution in [3.05, 3.63) is 54.1 Å². The Bertz CT molecular complexity index is 810. The van der Waals surface area contributed by atoms with E-state index in [1.807, 2.05) is 48.5 Å². The molecule has 26 heavy (non-hydrogen) atoms. The highest BCUT2D eigenvalue weighted by molar-refractivity contribution is 6.44. The lowest BCUT2D eigenvalue weighted by molar-refractivity contribution is -0.134. The fourth-order valence-electron chi connectivity index (χ4n) is 3.76. The summed E-state index contributed by atoms with van der Waals surface area (Å²) in [6, 6.07) is 15.5.